The predicted molar refractivity (Wildman–Crippen MR) is 77.3 cm³/mol. The first-order valence-electron chi connectivity index (χ1n) is 6.99. The Balaban J connectivity index is 2.23. The van der Waals surface area contributed by atoms with Crippen LogP contribution >= 0.6 is 0 Å². The molecule has 102 valence electrons. The Morgan fingerprint density at radius 3 is 2.63 bits per heavy atom. The Kier molecular flexibility index (Phi) is 4.54. The van der Waals surface area contributed by atoms with Gasteiger partial charge >= 0.3 is 0 Å². The fraction of sp³-hybridized carbons (Fsp3) is 0.471. The van der Waals surface area contributed by atoms with Crippen LogP contribution in [0.25, 0.3) is 0 Å². The van der Waals surface area contributed by atoms with Crippen LogP contribution in [0.4, 0.5) is 0 Å². The Bertz CT molecular complexity index is 457. The van der Waals surface area contributed by atoms with Crippen molar-refractivity contribution in [2.75, 3.05) is 13.2 Å². The first kappa shape index (κ1) is 14.0. The zero-order valence-corrected chi connectivity index (χ0v) is 11.8. The minimum Gasteiger partial charge on any atom is -0.381 e. The van der Waals surface area contributed by atoms with E-state index in [9.17, 15) is 4.79 Å². The van der Waals surface area contributed by atoms with E-state index in [1.807, 2.05) is 44.2 Å². The SMILES string of the molecule is CC(C)(C(=O)c1ccccc1)C1=CCCOCCC1. The van der Waals surface area contributed by atoms with Crippen molar-refractivity contribution in [2.24, 2.45) is 5.41 Å². The van der Waals surface area contributed by atoms with Crippen molar-refractivity contribution in [1.82, 2.24) is 0 Å². The van der Waals surface area contributed by atoms with Crippen LogP contribution in [0.15, 0.2) is 42.0 Å². The van der Waals surface area contributed by atoms with Gasteiger partial charge < -0.3 is 4.74 Å². The fourth-order valence-corrected chi connectivity index (χ4v) is 2.55. The van der Waals surface area contributed by atoms with Gasteiger partial charge in [-0.2, -0.15) is 0 Å². The van der Waals surface area contributed by atoms with Crippen LogP contribution in [0, 0.1) is 5.41 Å². The highest BCUT2D eigenvalue weighted by atomic mass is 16.5. The van der Waals surface area contributed by atoms with E-state index in [-0.39, 0.29) is 5.78 Å². The lowest BCUT2D eigenvalue weighted by Gasteiger charge is -2.28. The van der Waals surface area contributed by atoms with Gasteiger partial charge in [-0.25, -0.2) is 0 Å². The molecule has 0 fully saturated rings. The lowest BCUT2D eigenvalue weighted by Crippen LogP contribution is -2.27. The zero-order valence-electron chi connectivity index (χ0n) is 11.8. The van der Waals surface area contributed by atoms with Crippen molar-refractivity contribution in [3.63, 3.8) is 0 Å². The molecule has 0 saturated heterocycles. The number of benzene rings is 1. The smallest absolute Gasteiger partial charge is 0.172 e. The van der Waals surface area contributed by atoms with Gasteiger partial charge in [0.15, 0.2) is 5.78 Å². The molecule has 0 N–H and O–H groups in total. The van der Waals surface area contributed by atoms with Gasteiger partial charge in [-0.3, -0.25) is 4.79 Å². The number of rotatable bonds is 3. The Morgan fingerprint density at radius 1 is 1.16 bits per heavy atom. The molecular formula is C17H22O2. The summed E-state index contributed by atoms with van der Waals surface area (Å²) in [6, 6.07) is 9.58. The van der Waals surface area contributed by atoms with E-state index in [2.05, 4.69) is 6.08 Å². The normalized spacial score (nSPS) is 17.3. The summed E-state index contributed by atoms with van der Waals surface area (Å²) in [7, 11) is 0. The summed E-state index contributed by atoms with van der Waals surface area (Å²) in [6.45, 7) is 5.64. The summed E-state index contributed by atoms with van der Waals surface area (Å²) in [4.78, 5) is 12.7. The third-order valence-corrected chi connectivity index (χ3v) is 3.79. The predicted octanol–water partition coefficient (Wildman–Crippen LogP) is 4.02. The highest BCUT2D eigenvalue weighted by Crippen LogP contribution is 2.34. The first-order chi connectivity index (χ1) is 9.12. The fourth-order valence-electron chi connectivity index (χ4n) is 2.55. The first-order valence-corrected chi connectivity index (χ1v) is 6.99. The van der Waals surface area contributed by atoms with Gasteiger partial charge in [0, 0.05) is 17.6 Å². The van der Waals surface area contributed by atoms with Crippen molar-refractivity contribution in [3.8, 4) is 0 Å². The van der Waals surface area contributed by atoms with Crippen LogP contribution in [-0.2, 0) is 4.74 Å². The monoisotopic (exact) mass is 258 g/mol. The van der Waals surface area contributed by atoms with E-state index < -0.39 is 5.41 Å². The van der Waals surface area contributed by atoms with Gasteiger partial charge in [-0.05, 0) is 33.1 Å². The lowest BCUT2D eigenvalue weighted by molar-refractivity contribution is 0.0862. The molecule has 19 heavy (non-hydrogen) atoms. The number of ether oxygens (including phenoxy) is 1. The molecule has 1 aliphatic rings. The summed E-state index contributed by atoms with van der Waals surface area (Å²) in [5, 5.41) is 0. The molecule has 0 radical (unpaired) electrons. The maximum absolute atomic E-state index is 12.7. The standard InChI is InChI=1S/C17H22O2/c1-17(2,15-10-6-12-19-13-7-11-15)16(18)14-8-4-3-5-9-14/h3-5,8-10H,6-7,11-13H2,1-2H3. The second-order valence-corrected chi connectivity index (χ2v) is 5.55. The van der Waals surface area contributed by atoms with Gasteiger partial charge in [0.1, 0.15) is 0 Å². The minimum atomic E-state index is -0.418. The van der Waals surface area contributed by atoms with Crippen LogP contribution < -0.4 is 0 Å². The molecule has 0 bridgehead atoms. The maximum atomic E-state index is 12.7. The van der Waals surface area contributed by atoms with E-state index in [0.29, 0.717) is 0 Å². The van der Waals surface area contributed by atoms with Gasteiger partial charge in [-0.1, -0.05) is 42.0 Å². The van der Waals surface area contributed by atoms with Crippen molar-refractivity contribution >= 4 is 5.78 Å². The molecule has 1 aliphatic heterocycles. The summed E-state index contributed by atoms with van der Waals surface area (Å²) in [5.74, 6) is 0.209. The van der Waals surface area contributed by atoms with Crippen molar-refractivity contribution in [2.45, 2.75) is 33.1 Å². The maximum Gasteiger partial charge on any atom is 0.172 e. The lowest BCUT2D eigenvalue weighted by atomic mass is 9.75. The third-order valence-electron chi connectivity index (χ3n) is 3.79. The summed E-state index contributed by atoms with van der Waals surface area (Å²) in [6.07, 6.45) is 5.05. The second kappa shape index (κ2) is 6.16. The van der Waals surface area contributed by atoms with E-state index in [4.69, 9.17) is 4.74 Å². The summed E-state index contributed by atoms with van der Waals surface area (Å²) in [5.41, 5.74) is 1.63. The van der Waals surface area contributed by atoms with Crippen molar-refractivity contribution in [1.29, 1.82) is 0 Å². The number of hydrogen-bond donors (Lipinski definition) is 0. The minimum absolute atomic E-state index is 0.209. The number of hydrogen-bond acceptors (Lipinski definition) is 2. The largest absolute Gasteiger partial charge is 0.381 e. The average Bonchev–Trinajstić information content (AvgIpc) is 2.38. The molecular weight excluding hydrogens is 236 g/mol. The van der Waals surface area contributed by atoms with Gasteiger partial charge in [0.2, 0.25) is 0 Å². The molecule has 0 aromatic heterocycles. The Hall–Kier alpha value is -1.41. The molecule has 1 aromatic carbocycles. The number of allylic oxidation sites excluding steroid dienone is 1. The molecule has 2 rings (SSSR count). The van der Waals surface area contributed by atoms with Crippen molar-refractivity contribution in [3.05, 3.63) is 47.5 Å². The number of Topliss-reactive ketones (excluding diaryl/α,β-unsaturated/α-hetero) is 1. The van der Waals surface area contributed by atoms with Crippen LogP contribution in [0.2, 0.25) is 0 Å². The van der Waals surface area contributed by atoms with E-state index in [1.54, 1.807) is 0 Å². The van der Waals surface area contributed by atoms with Gasteiger partial charge in [0.25, 0.3) is 0 Å². The molecule has 1 heterocycles. The summed E-state index contributed by atoms with van der Waals surface area (Å²) < 4.78 is 5.45. The zero-order chi connectivity index (χ0) is 13.7. The molecule has 0 spiro atoms. The number of ketones is 1. The quantitative estimate of drug-likeness (QED) is 0.604. The highest BCUT2D eigenvalue weighted by molar-refractivity contribution is 6.01. The van der Waals surface area contributed by atoms with Crippen LogP contribution in [-0.4, -0.2) is 19.0 Å². The molecule has 0 atom stereocenters. The van der Waals surface area contributed by atoms with Crippen LogP contribution in [0.1, 0.15) is 43.5 Å². The third kappa shape index (κ3) is 3.32. The molecule has 2 heteroatoms. The topological polar surface area (TPSA) is 26.3 Å². The average molecular weight is 258 g/mol. The molecule has 2 nitrogen and oxygen atoms in total. The van der Waals surface area contributed by atoms with Crippen LogP contribution in [0.3, 0.4) is 0 Å². The number of carbonyl (C=O) groups excluding carboxylic acids is 1. The number of carbonyl (C=O) groups is 1. The van der Waals surface area contributed by atoms with E-state index in [0.717, 1.165) is 38.0 Å². The molecule has 0 unspecified atom stereocenters. The summed E-state index contributed by atoms with van der Waals surface area (Å²) >= 11 is 0. The Morgan fingerprint density at radius 2 is 1.89 bits per heavy atom. The van der Waals surface area contributed by atoms with E-state index >= 15 is 0 Å². The molecule has 0 saturated carbocycles. The van der Waals surface area contributed by atoms with Gasteiger partial charge in [0.05, 0.1) is 6.61 Å². The molecule has 1 aromatic rings. The van der Waals surface area contributed by atoms with Crippen molar-refractivity contribution < 1.29 is 9.53 Å². The highest BCUT2D eigenvalue weighted by Gasteiger charge is 2.32. The second-order valence-electron chi connectivity index (χ2n) is 5.55. The van der Waals surface area contributed by atoms with Gasteiger partial charge in [-0.15, -0.1) is 0 Å². The van der Waals surface area contributed by atoms with Crippen LogP contribution in [0.5, 0.6) is 0 Å². The molecule has 0 aliphatic carbocycles. The van der Waals surface area contributed by atoms with E-state index in [1.165, 1.54) is 5.57 Å². The Labute approximate surface area is 115 Å². The molecule has 0 amide bonds.